The van der Waals surface area contributed by atoms with E-state index >= 15 is 0 Å². The molecule has 1 saturated carbocycles. The topological polar surface area (TPSA) is 52.3 Å². The number of carbonyl (C=O) groups is 1. The summed E-state index contributed by atoms with van der Waals surface area (Å²) in [6, 6.07) is 0. The standard InChI is InChI=1S/C10H19NO2/c1-2-7-13-9(8-12)3-4-10(11)5-6-10/h8-9H,2-7,11H2,1H3. The van der Waals surface area contributed by atoms with E-state index in [0.29, 0.717) is 6.61 Å². The van der Waals surface area contributed by atoms with E-state index in [9.17, 15) is 4.79 Å². The zero-order chi connectivity index (χ0) is 9.73. The molecule has 2 N–H and O–H groups in total. The van der Waals surface area contributed by atoms with Crippen molar-refractivity contribution in [1.29, 1.82) is 0 Å². The van der Waals surface area contributed by atoms with Gasteiger partial charge in [0.25, 0.3) is 0 Å². The van der Waals surface area contributed by atoms with E-state index in [-0.39, 0.29) is 11.6 Å². The molecule has 0 spiro atoms. The fraction of sp³-hybridized carbons (Fsp3) is 0.900. The third kappa shape index (κ3) is 3.87. The molecule has 13 heavy (non-hydrogen) atoms. The van der Waals surface area contributed by atoms with Crippen LogP contribution < -0.4 is 5.73 Å². The highest BCUT2D eigenvalue weighted by Gasteiger charge is 2.37. The van der Waals surface area contributed by atoms with Gasteiger partial charge in [-0.05, 0) is 32.1 Å². The molecule has 1 aliphatic rings. The van der Waals surface area contributed by atoms with Crippen molar-refractivity contribution in [3.05, 3.63) is 0 Å². The molecule has 1 atom stereocenters. The molecule has 0 aliphatic heterocycles. The van der Waals surface area contributed by atoms with Gasteiger partial charge in [-0.1, -0.05) is 6.92 Å². The van der Waals surface area contributed by atoms with Crippen molar-refractivity contribution in [3.8, 4) is 0 Å². The van der Waals surface area contributed by atoms with Crippen LogP contribution in [0.25, 0.3) is 0 Å². The normalized spacial score (nSPS) is 21.1. The third-order valence-electron chi connectivity index (χ3n) is 2.51. The number of aldehydes is 1. The highest BCUT2D eigenvalue weighted by molar-refractivity contribution is 5.55. The summed E-state index contributed by atoms with van der Waals surface area (Å²) in [4.78, 5) is 10.6. The largest absolute Gasteiger partial charge is 0.371 e. The monoisotopic (exact) mass is 185 g/mol. The molecule has 0 aromatic rings. The molecule has 0 amide bonds. The first-order valence-electron chi connectivity index (χ1n) is 5.06. The highest BCUT2D eigenvalue weighted by Crippen LogP contribution is 2.36. The number of rotatable bonds is 7. The van der Waals surface area contributed by atoms with E-state index in [0.717, 1.165) is 38.4 Å². The van der Waals surface area contributed by atoms with Gasteiger partial charge in [-0.15, -0.1) is 0 Å². The Hall–Kier alpha value is -0.410. The molecule has 1 fully saturated rings. The Kier molecular flexibility index (Phi) is 3.88. The van der Waals surface area contributed by atoms with Crippen LogP contribution in [0.3, 0.4) is 0 Å². The minimum atomic E-state index is -0.235. The molecule has 3 nitrogen and oxygen atoms in total. The minimum Gasteiger partial charge on any atom is -0.371 e. The Morgan fingerprint density at radius 2 is 2.31 bits per heavy atom. The molecule has 0 bridgehead atoms. The molecule has 1 unspecified atom stereocenters. The predicted octanol–water partition coefficient (Wildman–Crippen LogP) is 1.25. The summed E-state index contributed by atoms with van der Waals surface area (Å²) in [5.41, 5.74) is 5.95. The molecule has 0 saturated heterocycles. The summed E-state index contributed by atoms with van der Waals surface area (Å²) in [6.45, 7) is 2.70. The molecule has 0 heterocycles. The molecular weight excluding hydrogens is 166 g/mol. The van der Waals surface area contributed by atoms with Gasteiger partial charge in [-0.2, -0.15) is 0 Å². The molecule has 1 aliphatic carbocycles. The first kappa shape index (κ1) is 10.7. The Labute approximate surface area is 79.6 Å². The number of ether oxygens (including phenoxy) is 1. The quantitative estimate of drug-likeness (QED) is 0.607. The van der Waals surface area contributed by atoms with Crippen molar-refractivity contribution in [3.63, 3.8) is 0 Å². The second-order valence-corrected chi connectivity index (χ2v) is 3.95. The fourth-order valence-corrected chi connectivity index (χ4v) is 1.30. The maximum atomic E-state index is 10.6. The maximum absolute atomic E-state index is 10.6. The first-order chi connectivity index (χ1) is 6.20. The number of carbonyl (C=O) groups excluding carboxylic acids is 1. The van der Waals surface area contributed by atoms with Crippen LogP contribution in [0.4, 0.5) is 0 Å². The molecule has 0 aromatic carbocycles. The van der Waals surface area contributed by atoms with E-state index in [4.69, 9.17) is 10.5 Å². The van der Waals surface area contributed by atoms with Crippen LogP contribution in [0.5, 0.6) is 0 Å². The van der Waals surface area contributed by atoms with E-state index in [2.05, 4.69) is 0 Å². The van der Waals surface area contributed by atoms with Crippen molar-refractivity contribution < 1.29 is 9.53 Å². The lowest BCUT2D eigenvalue weighted by Gasteiger charge is -2.13. The van der Waals surface area contributed by atoms with Crippen molar-refractivity contribution >= 4 is 6.29 Å². The predicted molar refractivity (Wildman–Crippen MR) is 51.5 cm³/mol. The van der Waals surface area contributed by atoms with Gasteiger partial charge in [0, 0.05) is 12.1 Å². The zero-order valence-electron chi connectivity index (χ0n) is 8.29. The second kappa shape index (κ2) is 4.72. The number of hydrogen-bond acceptors (Lipinski definition) is 3. The summed E-state index contributed by atoms with van der Waals surface area (Å²) in [7, 11) is 0. The molecular formula is C10H19NO2. The average Bonchev–Trinajstić information content (AvgIpc) is 2.85. The first-order valence-corrected chi connectivity index (χ1v) is 5.06. The lowest BCUT2D eigenvalue weighted by molar-refractivity contribution is -0.118. The van der Waals surface area contributed by atoms with E-state index < -0.39 is 0 Å². The van der Waals surface area contributed by atoms with Gasteiger partial charge in [-0.3, -0.25) is 0 Å². The molecule has 3 heteroatoms. The number of nitrogens with two attached hydrogens (primary N) is 1. The zero-order valence-corrected chi connectivity index (χ0v) is 8.29. The van der Waals surface area contributed by atoms with Gasteiger partial charge in [-0.25, -0.2) is 0 Å². The smallest absolute Gasteiger partial charge is 0.148 e. The van der Waals surface area contributed by atoms with Crippen LogP contribution in [-0.4, -0.2) is 24.5 Å². The van der Waals surface area contributed by atoms with Gasteiger partial charge >= 0.3 is 0 Å². The van der Waals surface area contributed by atoms with Crippen LogP contribution in [-0.2, 0) is 9.53 Å². The van der Waals surface area contributed by atoms with E-state index in [1.165, 1.54) is 0 Å². The van der Waals surface area contributed by atoms with Crippen LogP contribution >= 0.6 is 0 Å². The van der Waals surface area contributed by atoms with Gasteiger partial charge in [0.2, 0.25) is 0 Å². The Bertz CT molecular complexity index is 166. The Morgan fingerprint density at radius 3 is 2.77 bits per heavy atom. The van der Waals surface area contributed by atoms with Gasteiger partial charge in [0.1, 0.15) is 12.4 Å². The van der Waals surface area contributed by atoms with Gasteiger partial charge in [0.15, 0.2) is 0 Å². The van der Waals surface area contributed by atoms with Gasteiger partial charge < -0.3 is 15.3 Å². The van der Waals surface area contributed by atoms with Crippen LogP contribution in [0.15, 0.2) is 0 Å². The van der Waals surface area contributed by atoms with Crippen molar-refractivity contribution in [2.45, 2.75) is 50.7 Å². The molecule has 0 aromatic heterocycles. The molecule has 76 valence electrons. The minimum absolute atomic E-state index is 0.0385. The SMILES string of the molecule is CCCOC(C=O)CCC1(N)CC1. The van der Waals surface area contributed by atoms with E-state index in [1.807, 2.05) is 6.92 Å². The lowest BCUT2D eigenvalue weighted by Crippen LogP contribution is -2.25. The summed E-state index contributed by atoms with van der Waals surface area (Å²) in [5.74, 6) is 0. The highest BCUT2D eigenvalue weighted by atomic mass is 16.5. The summed E-state index contributed by atoms with van der Waals surface area (Å²) in [6.07, 6.45) is 5.51. The summed E-state index contributed by atoms with van der Waals surface area (Å²) < 4.78 is 5.34. The van der Waals surface area contributed by atoms with Crippen LogP contribution in [0.1, 0.15) is 39.0 Å². The van der Waals surface area contributed by atoms with Crippen molar-refractivity contribution in [2.75, 3.05) is 6.61 Å². The van der Waals surface area contributed by atoms with Crippen LogP contribution in [0.2, 0.25) is 0 Å². The summed E-state index contributed by atoms with van der Waals surface area (Å²) >= 11 is 0. The molecule has 0 radical (unpaired) electrons. The molecule has 1 rings (SSSR count). The van der Waals surface area contributed by atoms with E-state index in [1.54, 1.807) is 0 Å². The maximum Gasteiger partial charge on any atom is 0.148 e. The fourth-order valence-electron chi connectivity index (χ4n) is 1.30. The average molecular weight is 185 g/mol. The second-order valence-electron chi connectivity index (χ2n) is 3.95. The third-order valence-corrected chi connectivity index (χ3v) is 2.51. The Morgan fingerprint density at radius 1 is 1.62 bits per heavy atom. The van der Waals surface area contributed by atoms with Gasteiger partial charge in [0.05, 0.1) is 0 Å². The van der Waals surface area contributed by atoms with Crippen LogP contribution in [0, 0.1) is 0 Å². The number of hydrogen-bond donors (Lipinski definition) is 1. The van der Waals surface area contributed by atoms with Crippen molar-refractivity contribution in [1.82, 2.24) is 0 Å². The lowest BCUT2D eigenvalue weighted by atomic mass is 10.1. The Balaban J connectivity index is 2.11. The summed E-state index contributed by atoms with van der Waals surface area (Å²) in [5, 5.41) is 0. The van der Waals surface area contributed by atoms with Crippen molar-refractivity contribution in [2.24, 2.45) is 5.73 Å².